The van der Waals surface area contributed by atoms with Crippen molar-refractivity contribution < 1.29 is 22.5 Å². The minimum atomic E-state index is -3.23. The van der Waals surface area contributed by atoms with Crippen molar-refractivity contribution >= 4 is 33.4 Å². The number of carbonyl (C=O) groups is 2. The number of hydrogen-bond acceptors (Lipinski definition) is 7. The Morgan fingerprint density at radius 2 is 1.96 bits per heavy atom. The summed E-state index contributed by atoms with van der Waals surface area (Å²) in [7, 11) is -3.23. The lowest BCUT2D eigenvalue weighted by atomic mass is 10.2. The quantitative estimate of drug-likeness (QED) is 0.726. The van der Waals surface area contributed by atoms with E-state index in [0.29, 0.717) is 16.4 Å². The Labute approximate surface area is 154 Å². The van der Waals surface area contributed by atoms with Crippen LogP contribution in [0.25, 0.3) is 11.4 Å². The third kappa shape index (κ3) is 4.20. The van der Waals surface area contributed by atoms with Gasteiger partial charge in [-0.2, -0.15) is 4.98 Å². The number of amides is 3. The molecule has 0 bridgehead atoms. The van der Waals surface area contributed by atoms with Crippen LogP contribution in [0.15, 0.2) is 28.8 Å². The molecule has 1 aliphatic rings. The van der Waals surface area contributed by atoms with E-state index in [1.54, 1.807) is 24.3 Å². The first kappa shape index (κ1) is 18.3. The fourth-order valence-corrected chi connectivity index (χ4v) is 3.21. The molecule has 0 aliphatic carbocycles. The van der Waals surface area contributed by atoms with E-state index in [4.69, 9.17) is 16.1 Å². The molecule has 138 valence electrons. The molecule has 2 aromatic rings. The third-order valence-corrected chi connectivity index (χ3v) is 4.98. The second-order valence-corrected chi connectivity index (χ2v) is 8.56. The average molecular weight is 399 g/mol. The zero-order valence-corrected chi connectivity index (χ0v) is 15.2. The molecule has 11 heteroatoms. The number of carbonyl (C=O) groups excluding carboxylic acids is 2. The Balaban J connectivity index is 1.68. The normalized spacial score (nSPS) is 17.6. The van der Waals surface area contributed by atoms with Gasteiger partial charge in [0, 0.05) is 16.8 Å². The van der Waals surface area contributed by atoms with Crippen molar-refractivity contribution in [3.8, 4) is 11.4 Å². The Bertz CT molecular complexity index is 941. The van der Waals surface area contributed by atoms with Crippen molar-refractivity contribution in [2.45, 2.75) is 19.0 Å². The van der Waals surface area contributed by atoms with Gasteiger partial charge in [0.2, 0.25) is 11.7 Å². The van der Waals surface area contributed by atoms with Crippen LogP contribution >= 0.6 is 11.6 Å². The maximum atomic E-state index is 12.3. The highest BCUT2D eigenvalue weighted by atomic mass is 35.5. The van der Waals surface area contributed by atoms with Gasteiger partial charge < -0.3 is 9.84 Å². The molecule has 0 radical (unpaired) electrons. The fraction of sp³-hybridized carbons (Fsp3) is 0.333. The maximum Gasteiger partial charge on any atom is 0.325 e. The van der Waals surface area contributed by atoms with Crippen LogP contribution in [0, 0.1) is 0 Å². The van der Waals surface area contributed by atoms with Crippen LogP contribution in [0.3, 0.4) is 0 Å². The third-order valence-electron chi connectivity index (χ3n) is 3.75. The Kier molecular flexibility index (Phi) is 4.97. The van der Waals surface area contributed by atoms with E-state index >= 15 is 0 Å². The Hall–Kier alpha value is -2.46. The number of nitrogens with one attached hydrogen (secondary N) is 1. The second-order valence-electron chi connectivity index (χ2n) is 5.86. The summed E-state index contributed by atoms with van der Waals surface area (Å²) < 4.78 is 27.5. The van der Waals surface area contributed by atoms with Gasteiger partial charge in [0.1, 0.15) is 22.4 Å². The number of sulfone groups is 1. The molecule has 2 heterocycles. The molecule has 9 nitrogen and oxygen atoms in total. The average Bonchev–Trinajstić information content (AvgIpc) is 3.13. The van der Waals surface area contributed by atoms with Gasteiger partial charge in [-0.25, -0.2) is 13.2 Å². The molecular formula is C15H15ClN4O5S. The molecule has 1 N–H and O–H groups in total. The number of aromatic nitrogens is 2. The fourth-order valence-electron chi connectivity index (χ4n) is 2.42. The number of rotatable bonds is 6. The zero-order chi connectivity index (χ0) is 18.9. The van der Waals surface area contributed by atoms with Crippen LogP contribution in [0.5, 0.6) is 0 Å². The lowest BCUT2D eigenvalue weighted by Crippen LogP contribution is -2.32. The topological polar surface area (TPSA) is 122 Å². The molecule has 0 spiro atoms. The van der Waals surface area contributed by atoms with Crippen molar-refractivity contribution in [3.05, 3.63) is 35.2 Å². The summed E-state index contributed by atoms with van der Waals surface area (Å²) >= 11 is 5.83. The largest absolute Gasteiger partial charge is 0.337 e. The summed E-state index contributed by atoms with van der Waals surface area (Å²) in [5.74, 6) is -0.330. The van der Waals surface area contributed by atoms with Crippen molar-refractivity contribution in [2.24, 2.45) is 0 Å². The number of benzene rings is 1. The molecule has 1 atom stereocenters. The summed E-state index contributed by atoms with van der Waals surface area (Å²) in [6, 6.07) is 5.28. The van der Waals surface area contributed by atoms with Crippen LogP contribution in [0.2, 0.25) is 5.02 Å². The van der Waals surface area contributed by atoms with E-state index in [1.807, 2.05) is 0 Å². The van der Waals surface area contributed by atoms with E-state index in [9.17, 15) is 18.0 Å². The van der Waals surface area contributed by atoms with Gasteiger partial charge in [0.25, 0.3) is 5.91 Å². The van der Waals surface area contributed by atoms with Crippen molar-refractivity contribution in [2.75, 3.05) is 12.0 Å². The summed E-state index contributed by atoms with van der Waals surface area (Å²) in [5, 5.41) is 6.84. The molecule has 0 saturated carbocycles. The maximum absolute atomic E-state index is 12.3. The highest BCUT2D eigenvalue weighted by Crippen LogP contribution is 2.20. The van der Waals surface area contributed by atoms with Gasteiger partial charge in [-0.15, -0.1) is 0 Å². The molecule has 1 saturated heterocycles. The molecule has 1 aromatic carbocycles. The van der Waals surface area contributed by atoms with Gasteiger partial charge in [0.15, 0.2) is 0 Å². The van der Waals surface area contributed by atoms with E-state index < -0.39 is 27.8 Å². The van der Waals surface area contributed by atoms with Gasteiger partial charge in [-0.1, -0.05) is 16.8 Å². The predicted molar refractivity (Wildman–Crippen MR) is 91.9 cm³/mol. The summed E-state index contributed by atoms with van der Waals surface area (Å²) in [4.78, 5) is 29.4. The van der Waals surface area contributed by atoms with Crippen LogP contribution < -0.4 is 5.32 Å². The SMILES string of the molecule is CS(=O)(=O)CCC1NC(=O)N(Cc2nc(-c3ccc(Cl)cc3)no2)C1=O. The summed E-state index contributed by atoms with van der Waals surface area (Å²) in [6.07, 6.45) is 1.09. The standard InChI is InChI=1S/C15H15ClN4O5S/c1-26(23,24)7-6-11-14(21)20(15(22)17-11)8-12-18-13(19-25-12)9-2-4-10(16)5-3-9/h2-5,11H,6-8H2,1H3,(H,17,22). The second kappa shape index (κ2) is 7.04. The molecule has 3 amide bonds. The Morgan fingerprint density at radius 3 is 2.62 bits per heavy atom. The molecule has 1 aliphatic heterocycles. The minimum absolute atomic E-state index is 0.0137. The molecule has 1 fully saturated rings. The van der Waals surface area contributed by atoms with E-state index in [1.165, 1.54) is 0 Å². The number of urea groups is 1. The first-order valence-corrected chi connectivity index (χ1v) is 10.0. The van der Waals surface area contributed by atoms with E-state index in [0.717, 1.165) is 11.2 Å². The number of halogens is 1. The van der Waals surface area contributed by atoms with Crippen LogP contribution in [0.1, 0.15) is 12.3 Å². The Morgan fingerprint density at radius 1 is 1.27 bits per heavy atom. The zero-order valence-electron chi connectivity index (χ0n) is 13.7. The predicted octanol–water partition coefficient (Wildman–Crippen LogP) is 1.25. The molecule has 26 heavy (non-hydrogen) atoms. The monoisotopic (exact) mass is 398 g/mol. The van der Waals surface area contributed by atoms with Crippen LogP contribution in [0.4, 0.5) is 4.79 Å². The van der Waals surface area contributed by atoms with Gasteiger partial charge >= 0.3 is 6.03 Å². The minimum Gasteiger partial charge on any atom is -0.337 e. The molecular weight excluding hydrogens is 384 g/mol. The highest BCUT2D eigenvalue weighted by molar-refractivity contribution is 7.90. The van der Waals surface area contributed by atoms with Crippen molar-refractivity contribution in [1.82, 2.24) is 20.4 Å². The van der Waals surface area contributed by atoms with Crippen LogP contribution in [-0.4, -0.2) is 53.4 Å². The van der Waals surface area contributed by atoms with Gasteiger partial charge in [-0.05, 0) is 30.7 Å². The smallest absolute Gasteiger partial charge is 0.325 e. The lowest BCUT2D eigenvalue weighted by Gasteiger charge is -2.09. The first-order valence-electron chi connectivity index (χ1n) is 7.61. The number of nitrogens with zero attached hydrogens (tertiary/aromatic N) is 3. The summed E-state index contributed by atoms with van der Waals surface area (Å²) in [6.45, 7) is -0.194. The number of imide groups is 1. The van der Waals surface area contributed by atoms with Crippen molar-refractivity contribution in [1.29, 1.82) is 0 Å². The van der Waals surface area contributed by atoms with Crippen LogP contribution in [-0.2, 0) is 21.2 Å². The van der Waals surface area contributed by atoms with E-state index in [-0.39, 0.29) is 24.6 Å². The molecule has 3 rings (SSSR count). The van der Waals surface area contributed by atoms with E-state index in [2.05, 4.69) is 15.5 Å². The summed E-state index contributed by atoms with van der Waals surface area (Å²) in [5.41, 5.74) is 0.674. The first-order chi connectivity index (χ1) is 12.2. The molecule has 1 unspecified atom stereocenters. The van der Waals surface area contributed by atoms with Gasteiger partial charge in [-0.3, -0.25) is 9.69 Å². The van der Waals surface area contributed by atoms with Crippen molar-refractivity contribution in [3.63, 3.8) is 0 Å². The lowest BCUT2D eigenvalue weighted by molar-refractivity contribution is -0.128. The highest BCUT2D eigenvalue weighted by Gasteiger charge is 2.39. The molecule has 1 aromatic heterocycles. The number of hydrogen-bond donors (Lipinski definition) is 1. The van der Waals surface area contributed by atoms with Gasteiger partial charge in [0.05, 0.1) is 5.75 Å².